The largest absolute Gasteiger partial charge is 0.508 e. The van der Waals surface area contributed by atoms with Crippen LogP contribution in [-0.4, -0.2) is 29.2 Å². The maximum atomic E-state index is 11.8. The molecule has 4 rings (SSSR count). The highest BCUT2D eigenvalue weighted by molar-refractivity contribution is 6.38. The van der Waals surface area contributed by atoms with Crippen LogP contribution in [0.5, 0.6) is 23.0 Å². The molecule has 0 aromatic heterocycles. The molecule has 2 aromatic carbocycles. The Kier molecular flexibility index (Phi) is 4.25. The average molecular weight is 423 g/mol. The quantitative estimate of drug-likeness (QED) is 0.665. The molecule has 5 nitrogen and oxygen atoms in total. The van der Waals surface area contributed by atoms with Gasteiger partial charge in [-0.1, -0.05) is 23.2 Å². The van der Waals surface area contributed by atoms with E-state index in [0.717, 1.165) is 0 Å². The van der Waals surface area contributed by atoms with Crippen LogP contribution < -0.4 is 9.47 Å². The van der Waals surface area contributed by atoms with Crippen LogP contribution in [0.1, 0.15) is 52.4 Å². The van der Waals surface area contributed by atoms with E-state index in [-0.39, 0.29) is 28.9 Å². The summed E-state index contributed by atoms with van der Waals surface area (Å²) in [4.78, 5) is 11.8. The first-order chi connectivity index (χ1) is 13.1. The van der Waals surface area contributed by atoms with E-state index in [1.54, 1.807) is 6.92 Å². The lowest BCUT2D eigenvalue weighted by Crippen LogP contribution is -2.44. The van der Waals surface area contributed by atoms with Crippen LogP contribution in [0.4, 0.5) is 0 Å². The third kappa shape index (κ3) is 2.36. The van der Waals surface area contributed by atoms with E-state index in [2.05, 4.69) is 0 Å². The highest BCUT2D eigenvalue weighted by atomic mass is 35.5. The number of halogens is 2. The molecular formula is C21H20Cl2O5. The Bertz CT molecular complexity index is 1030. The van der Waals surface area contributed by atoms with Crippen LogP contribution in [0, 0.1) is 12.8 Å². The van der Waals surface area contributed by atoms with Crippen LogP contribution in [0.25, 0.3) is 0 Å². The summed E-state index contributed by atoms with van der Waals surface area (Å²) in [5.74, 6) is 0.0765. The lowest BCUT2D eigenvalue weighted by molar-refractivity contribution is 0.0221. The molecule has 2 aromatic rings. The van der Waals surface area contributed by atoms with E-state index in [4.69, 9.17) is 32.7 Å². The molecule has 0 bridgehead atoms. The maximum absolute atomic E-state index is 11.8. The predicted molar refractivity (Wildman–Crippen MR) is 107 cm³/mol. The van der Waals surface area contributed by atoms with Gasteiger partial charge in [-0.25, -0.2) is 0 Å². The minimum absolute atomic E-state index is 0.0480. The molecule has 2 N–H and O–H groups in total. The number of aldehydes is 1. The van der Waals surface area contributed by atoms with Crippen molar-refractivity contribution >= 4 is 29.5 Å². The molecule has 2 atom stereocenters. The number of carbonyl (C=O) groups excluding carboxylic acids is 1. The first-order valence-electron chi connectivity index (χ1n) is 8.91. The molecule has 148 valence electrons. The molecule has 7 heteroatoms. The van der Waals surface area contributed by atoms with Crippen LogP contribution in [0.3, 0.4) is 0 Å². The number of benzene rings is 2. The fraction of sp³-hybridized carbons (Fsp3) is 0.381. The van der Waals surface area contributed by atoms with E-state index >= 15 is 0 Å². The van der Waals surface area contributed by atoms with Crippen LogP contribution in [0.15, 0.2) is 6.07 Å². The van der Waals surface area contributed by atoms with Gasteiger partial charge in [-0.05, 0) is 43.9 Å². The summed E-state index contributed by atoms with van der Waals surface area (Å²) in [6.45, 7) is 5.68. The zero-order valence-electron chi connectivity index (χ0n) is 15.9. The standard InChI is InChI=1S/C21H20Cl2O5/c1-8-17(22)19(27-4)16-15-11(21(2,3)28-20(16)18(8)23)5-9-12(25)6-13(26)10(7-24)14(9)15/h6-7,11,15,25-26H,5H2,1-4H3/t11-,15+/m1/s1. The third-order valence-electron chi connectivity index (χ3n) is 6.05. The molecule has 1 heterocycles. The molecule has 0 fully saturated rings. The second-order valence-corrected chi connectivity index (χ2v) is 8.62. The predicted octanol–water partition coefficient (Wildman–Crippen LogP) is 5.01. The van der Waals surface area contributed by atoms with Gasteiger partial charge < -0.3 is 19.7 Å². The number of aromatic hydroxyl groups is 2. The molecule has 2 aliphatic rings. The van der Waals surface area contributed by atoms with Gasteiger partial charge in [-0.15, -0.1) is 0 Å². The van der Waals surface area contributed by atoms with Gasteiger partial charge in [0.1, 0.15) is 28.6 Å². The molecule has 0 spiro atoms. The van der Waals surface area contributed by atoms with Crippen LogP contribution in [-0.2, 0) is 6.42 Å². The second-order valence-electron chi connectivity index (χ2n) is 7.86. The van der Waals surface area contributed by atoms with Crippen molar-refractivity contribution in [1.82, 2.24) is 0 Å². The number of ether oxygens (including phenoxy) is 2. The van der Waals surface area contributed by atoms with Gasteiger partial charge in [0.15, 0.2) is 6.29 Å². The first kappa shape index (κ1) is 19.2. The molecule has 0 amide bonds. The van der Waals surface area contributed by atoms with Crippen molar-refractivity contribution < 1.29 is 24.5 Å². The van der Waals surface area contributed by atoms with Crippen molar-refractivity contribution in [2.75, 3.05) is 7.11 Å². The van der Waals surface area contributed by atoms with Crippen LogP contribution in [0.2, 0.25) is 10.0 Å². The highest BCUT2D eigenvalue weighted by Crippen LogP contribution is 2.62. The fourth-order valence-corrected chi connectivity index (χ4v) is 5.21. The molecule has 1 aliphatic heterocycles. The Hall–Kier alpha value is -2.11. The number of hydrogen-bond donors (Lipinski definition) is 2. The molecular weight excluding hydrogens is 403 g/mol. The summed E-state index contributed by atoms with van der Waals surface area (Å²) in [5, 5.41) is 21.5. The summed E-state index contributed by atoms with van der Waals surface area (Å²) in [6.07, 6.45) is 1.09. The lowest BCUT2D eigenvalue weighted by Gasteiger charge is -2.43. The van der Waals surface area contributed by atoms with E-state index in [1.807, 2.05) is 13.8 Å². The van der Waals surface area contributed by atoms with Crippen molar-refractivity contribution in [3.05, 3.63) is 43.9 Å². The highest BCUT2D eigenvalue weighted by Gasteiger charge is 2.53. The molecule has 0 radical (unpaired) electrons. The third-order valence-corrected chi connectivity index (χ3v) is 6.96. The van der Waals surface area contributed by atoms with Crippen molar-refractivity contribution in [1.29, 1.82) is 0 Å². The summed E-state index contributed by atoms with van der Waals surface area (Å²) in [5.41, 5.74) is 1.98. The van der Waals surface area contributed by atoms with Gasteiger partial charge in [-0.3, -0.25) is 4.79 Å². The van der Waals surface area contributed by atoms with Gasteiger partial charge in [0.05, 0.1) is 22.7 Å². The lowest BCUT2D eigenvalue weighted by atomic mass is 9.73. The summed E-state index contributed by atoms with van der Waals surface area (Å²) in [7, 11) is 1.51. The summed E-state index contributed by atoms with van der Waals surface area (Å²) >= 11 is 13.1. The van der Waals surface area contributed by atoms with Crippen molar-refractivity contribution in [3.8, 4) is 23.0 Å². The number of methoxy groups -OCH3 is 1. The Morgan fingerprint density at radius 3 is 2.50 bits per heavy atom. The van der Waals surface area contributed by atoms with E-state index in [0.29, 0.717) is 56.5 Å². The van der Waals surface area contributed by atoms with Gasteiger partial charge >= 0.3 is 0 Å². The number of phenols is 2. The number of fused-ring (bicyclic) bond motifs is 5. The molecule has 0 unspecified atom stereocenters. The normalized spacial score (nSPS) is 21.4. The Morgan fingerprint density at radius 2 is 1.89 bits per heavy atom. The second kappa shape index (κ2) is 6.19. The van der Waals surface area contributed by atoms with Crippen molar-refractivity contribution in [3.63, 3.8) is 0 Å². The SMILES string of the molecule is COc1c(Cl)c(C)c(Cl)c2c1[C@@H]1c3c(C=O)c(O)cc(O)c3C[C@H]1C(C)(C)O2. The van der Waals surface area contributed by atoms with Gasteiger partial charge in [0.2, 0.25) is 0 Å². The summed E-state index contributed by atoms with van der Waals surface area (Å²) < 4.78 is 11.9. The topological polar surface area (TPSA) is 76.0 Å². The van der Waals surface area contributed by atoms with Crippen LogP contribution >= 0.6 is 23.2 Å². The Morgan fingerprint density at radius 1 is 1.21 bits per heavy atom. The number of rotatable bonds is 2. The van der Waals surface area contributed by atoms with Gasteiger partial charge in [0, 0.05) is 23.5 Å². The molecule has 0 saturated heterocycles. The number of carbonyl (C=O) groups is 1. The van der Waals surface area contributed by atoms with Crippen molar-refractivity contribution in [2.24, 2.45) is 5.92 Å². The van der Waals surface area contributed by atoms with E-state index < -0.39 is 5.60 Å². The van der Waals surface area contributed by atoms with Crippen molar-refractivity contribution in [2.45, 2.75) is 38.7 Å². The maximum Gasteiger partial charge on any atom is 0.154 e. The minimum atomic E-state index is -0.645. The monoisotopic (exact) mass is 422 g/mol. The number of hydrogen-bond acceptors (Lipinski definition) is 5. The van der Waals surface area contributed by atoms with E-state index in [9.17, 15) is 15.0 Å². The minimum Gasteiger partial charge on any atom is -0.508 e. The van der Waals surface area contributed by atoms with Gasteiger partial charge in [0.25, 0.3) is 0 Å². The molecule has 0 saturated carbocycles. The number of phenolic OH excluding ortho intramolecular Hbond substituents is 2. The Balaban J connectivity index is 2.15. The molecule has 1 aliphatic carbocycles. The average Bonchev–Trinajstić information content (AvgIpc) is 3.04. The smallest absolute Gasteiger partial charge is 0.154 e. The first-order valence-corrected chi connectivity index (χ1v) is 9.66. The van der Waals surface area contributed by atoms with Gasteiger partial charge in [-0.2, -0.15) is 0 Å². The molecule has 28 heavy (non-hydrogen) atoms. The fourth-order valence-electron chi connectivity index (χ4n) is 4.66. The zero-order valence-corrected chi connectivity index (χ0v) is 17.4. The zero-order chi connectivity index (χ0) is 20.5. The Labute approximate surface area is 172 Å². The summed E-state index contributed by atoms with van der Waals surface area (Å²) in [6, 6.07) is 1.21. The van der Waals surface area contributed by atoms with E-state index in [1.165, 1.54) is 13.2 Å².